The lowest BCUT2D eigenvalue weighted by molar-refractivity contribution is -0.122. The number of sulfonamides is 1. The molecule has 2 N–H and O–H groups in total. The van der Waals surface area contributed by atoms with E-state index in [-0.39, 0.29) is 16.8 Å². The maximum atomic E-state index is 12.7. The van der Waals surface area contributed by atoms with Gasteiger partial charge in [0.15, 0.2) is 6.10 Å². The molecule has 1 heterocycles. The molecule has 8 nitrogen and oxygen atoms in total. The van der Waals surface area contributed by atoms with Crippen LogP contribution in [0.2, 0.25) is 0 Å². The Balaban J connectivity index is 1.68. The summed E-state index contributed by atoms with van der Waals surface area (Å²) in [6.45, 7) is 7.54. The number of aryl methyl sites for hydroxylation is 2. The highest BCUT2D eigenvalue weighted by Gasteiger charge is 2.21. The van der Waals surface area contributed by atoms with Crippen molar-refractivity contribution in [1.82, 2.24) is 9.97 Å². The van der Waals surface area contributed by atoms with Crippen LogP contribution in [0.3, 0.4) is 0 Å². The molecule has 0 saturated heterocycles. The Morgan fingerprint density at radius 1 is 1.06 bits per heavy atom. The van der Waals surface area contributed by atoms with Crippen LogP contribution in [-0.4, -0.2) is 30.4 Å². The second kappa shape index (κ2) is 9.78. The fraction of sp³-hybridized carbons (Fsp3) is 0.261. The summed E-state index contributed by atoms with van der Waals surface area (Å²) in [5, 5.41) is 2.78. The Bertz CT molecular complexity index is 1210. The second-order valence-electron chi connectivity index (χ2n) is 7.35. The van der Waals surface area contributed by atoms with Crippen molar-refractivity contribution in [1.29, 1.82) is 0 Å². The number of amides is 1. The highest BCUT2D eigenvalue weighted by Crippen LogP contribution is 2.23. The lowest BCUT2D eigenvalue weighted by atomic mass is 10.1. The van der Waals surface area contributed by atoms with Crippen molar-refractivity contribution in [2.45, 2.75) is 45.1 Å². The third-order valence-electron chi connectivity index (χ3n) is 4.94. The van der Waals surface area contributed by atoms with Crippen molar-refractivity contribution in [3.8, 4) is 5.75 Å². The number of benzene rings is 2. The predicted molar refractivity (Wildman–Crippen MR) is 123 cm³/mol. The van der Waals surface area contributed by atoms with Gasteiger partial charge >= 0.3 is 0 Å². The first-order chi connectivity index (χ1) is 15.2. The van der Waals surface area contributed by atoms with E-state index in [1.54, 1.807) is 13.0 Å². The molecule has 0 bridgehead atoms. The lowest BCUT2D eigenvalue weighted by Gasteiger charge is -2.19. The van der Waals surface area contributed by atoms with Gasteiger partial charge in [-0.2, -0.15) is 0 Å². The molecule has 0 radical (unpaired) electrons. The van der Waals surface area contributed by atoms with Crippen molar-refractivity contribution in [3.05, 3.63) is 71.5 Å². The van der Waals surface area contributed by atoms with Crippen LogP contribution in [-0.2, 0) is 14.8 Å². The summed E-state index contributed by atoms with van der Waals surface area (Å²) < 4.78 is 33.4. The van der Waals surface area contributed by atoms with Gasteiger partial charge in [0.05, 0.1) is 4.90 Å². The number of carbonyl (C=O) groups excluding carboxylic acids is 1. The SMILES string of the molecule is CC[C@@H](Oc1cccc(C)c1C)C(=O)Nc1ccc(S(=O)(=O)Nc2nccc(C)n2)cc1. The van der Waals surface area contributed by atoms with E-state index in [1.165, 1.54) is 30.5 Å². The van der Waals surface area contributed by atoms with Crippen LogP contribution < -0.4 is 14.8 Å². The molecule has 0 fully saturated rings. The number of aromatic nitrogens is 2. The van der Waals surface area contributed by atoms with Crippen molar-refractivity contribution >= 4 is 27.6 Å². The maximum absolute atomic E-state index is 12.7. The molecular weight excluding hydrogens is 428 g/mol. The Morgan fingerprint density at radius 3 is 2.44 bits per heavy atom. The molecule has 1 amide bonds. The minimum Gasteiger partial charge on any atom is -0.480 e. The standard InChI is InChI=1S/C23H26N4O4S/c1-5-20(31-21-8-6-7-15(2)17(21)4)22(28)26-18-9-11-19(12-10-18)32(29,30)27-23-24-14-13-16(3)25-23/h6-14,20H,5H2,1-4H3,(H,26,28)(H,24,25,27)/t20-/m1/s1. The summed E-state index contributed by atoms with van der Waals surface area (Å²) >= 11 is 0. The van der Waals surface area contributed by atoms with Gasteiger partial charge in [0.1, 0.15) is 5.75 Å². The van der Waals surface area contributed by atoms with E-state index in [9.17, 15) is 13.2 Å². The Hall–Kier alpha value is -3.46. The third kappa shape index (κ3) is 5.61. The Kier molecular flexibility index (Phi) is 7.09. The van der Waals surface area contributed by atoms with E-state index >= 15 is 0 Å². The van der Waals surface area contributed by atoms with E-state index in [4.69, 9.17) is 4.74 Å². The topological polar surface area (TPSA) is 110 Å². The van der Waals surface area contributed by atoms with Gasteiger partial charge in [-0.25, -0.2) is 23.1 Å². The zero-order valence-corrected chi connectivity index (χ0v) is 19.2. The zero-order chi connectivity index (χ0) is 23.3. The average Bonchev–Trinajstić information content (AvgIpc) is 2.75. The van der Waals surface area contributed by atoms with E-state index in [1.807, 2.05) is 39.0 Å². The molecule has 1 atom stereocenters. The number of nitrogens with zero attached hydrogens (tertiary/aromatic N) is 2. The first kappa shape index (κ1) is 23.2. The minimum absolute atomic E-state index is 0.00300. The van der Waals surface area contributed by atoms with E-state index in [0.29, 0.717) is 23.6 Å². The molecule has 1 aromatic heterocycles. The highest BCUT2D eigenvalue weighted by molar-refractivity contribution is 7.92. The molecule has 0 aliphatic carbocycles. The number of anilines is 2. The minimum atomic E-state index is -3.86. The van der Waals surface area contributed by atoms with Gasteiger partial charge in [0, 0.05) is 17.6 Å². The molecular formula is C23H26N4O4S. The lowest BCUT2D eigenvalue weighted by Crippen LogP contribution is -2.32. The Morgan fingerprint density at radius 2 is 1.78 bits per heavy atom. The van der Waals surface area contributed by atoms with Crippen LogP contribution in [0.4, 0.5) is 11.6 Å². The summed E-state index contributed by atoms with van der Waals surface area (Å²) in [5.74, 6) is 0.352. The zero-order valence-electron chi connectivity index (χ0n) is 18.4. The first-order valence-corrected chi connectivity index (χ1v) is 11.6. The molecule has 0 spiro atoms. The van der Waals surface area contributed by atoms with Gasteiger partial charge < -0.3 is 10.1 Å². The van der Waals surface area contributed by atoms with Crippen LogP contribution in [0.15, 0.2) is 59.6 Å². The van der Waals surface area contributed by atoms with Crippen LogP contribution in [0, 0.1) is 20.8 Å². The molecule has 2 aromatic carbocycles. The normalized spacial score (nSPS) is 12.1. The van der Waals surface area contributed by atoms with E-state index in [2.05, 4.69) is 20.0 Å². The molecule has 3 rings (SSSR count). The van der Waals surface area contributed by atoms with Gasteiger partial charge in [-0.05, 0) is 74.7 Å². The fourth-order valence-electron chi connectivity index (χ4n) is 2.94. The summed E-state index contributed by atoms with van der Waals surface area (Å²) in [7, 11) is -3.86. The molecule has 9 heteroatoms. The number of hydrogen-bond donors (Lipinski definition) is 2. The highest BCUT2D eigenvalue weighted by atomic mass is 32.2. The molecule has 3 aromatic rings. The third-order valence-corrected chi connectivity index (χ3v) is 6.28. The maximum Gasteiger partial charge on any atom is 0.265 e. The molecule has 0 aliphatic rings. The molecule has 0 saturated carbocycles. The van der Waals surface area contributed by atoms with Gasteiger partial charge in [0.2, 0.25) is 5.95 Å². The van der Waals surface area contributed by atoms with E-state index in [0.717, 1.165) is 11.1 Å². The van der Waals surface area contributed by atoms with Gasteiger partial charge in [-0.3, -0.25) is 4.79 Å². The number of rotatable bonds is 8. The second-order valence-corrected chi connectivity index (χ2v) is 9.04. The van der Waals surface area contributed by atoms with Crippen molar-refractivity contribution < 1.29 is 17.9 Å². The van der Waals surface area contributed by atoms with Crippen LogP contribution in [0.1, 0.15) is 30.2 Å². The van der Waals surface area contributed by atoms with Gasteiger partial charge in [-0.15, -0.1) is 0 Å². The van der Waals surface area contributed by atoms with Crippen LogP contribution in [0.5, 0.6) is 5.75 Å². The van der Waals surface area contributed by atoms with Crippen molar-refractivity contribution in [3.63, 3.8) is 0 Å². The largest absolute Gasteiger partial charge is 0.480 e. The Labute approximate surface area is 188 Å². The monoisotopic (exact) mass is 454 g/mol. The summed E-state index contributed by atoms with van der Waals surface area (Å²) in [6, 6.07) is 13.2. The van der Waals surface area contributed by atoms with E-state index < -0.39 is 16.1 Å². The number of hydrogen-bond acceptors (Lipinski definition) is 6. The summed E-state index contributed by atoms with van der Waals surface area (Å²) in [5.41, 5.74) is 3.17. The molecule has 168 valence electrons. The molecule has 0 unspecified atom stereocenters. The van der Waals surface area contributed by atoms with Crippen LogP contribution >= 0.6 is 0 Å². The predicted octanol–water partition coefficient (Wildman–Crippen LogP) is 4.00. The van der Waals surface area contributed by atoms with Gasteiger partial charge in [0.25, 0.3) is 15.9 Å². The average molecular weight is 455 g/mol. The number of ether oxygens (including phenoxy) is 1. The van der Waals surface area contributed by atoms with Gasteiger partial charge in [-0.1, -0.05) is 19.1 Å². The quantitative estimate of drug-likeness (QED) is 0.532. The summed E-state index contributed by atoms with van der Waals surface area (Å²) in [4.78, 5) is 20.7. The van der Waals surface area contributed by atoms with Crippen molar-refractivity contribution in [2.75, 3.05) is 10.0 Å². The van der Waals surface area contributed by atoms with Crippen molar-refractivity contribution in [2.24, 2.45) is 0 Å². The summed E-state index contributed by atoms with van der Waals surface area (Å²) in [6.07, 6.45) is 1.27. The van der Waals surface area contributed by atoms with Crippen LogP contribution in [0.25, 0.3) is 0 Å². The fourth-order valence-corrected chi connectivity index (χ4v) is 3.90. The molecule has 32 heavy (non-hydrogen) atoms. The number of nitrogens with one attached hydrogen (secondary N) is 2. The molecule has 0 aliphatic heterocycles. The smallest absolute Gasteiger partial charge is 0.265 e. The first-order valence-electron chi connectivity index (χ1n) is 10.2. The number of carbonyl (C=O) groups is 1.